The van der Waals surface area contributed by atoms with Crippen molar-refractivity contribution in [3.8, 4) is 16.9 Å². The van der Waals surface area contributed by atoms with Crippen molar-refractivity contribution in [2.24, 2.45) is 5.41 Å². The molecular weight excluding hydrogens is 482 g/mol. The number of fused-ring (bicyclic) bond motifs is 1. The lowest BCUT2D eigenvalue weighted by atomic mass is 9.82. The number of hydrogen-bond donors (Lipinski definition) is 1. The number of hydrogen-bond acceptors (Lipinski definition) is 4. The predicted octanol–water partition coefficient (Wildman–Crippen LogP) is 5.83. The molecule has 6 nitrogen and oxygen atoms in total. The third-order valence-corrected chi connectivity index (χ3v) is 6.77. The molecule has 0 saturated carbocycles. The third-order valence-electron chi connectivity index (χ3n) is 6.18. The molecule has 1 saturated heterocycles. The van der Waals surface area contributed by atoms with Gasteiger partial charge in [0.05, 0.1) is 21.0 Å². The molecule has 2 heterocycles. The number of piperidine rings is 1. The highest BCUT2D eigenvalue weighted by molar-refractivity contribution is 6.39. The van der Waals surface area contributed by atoms with Crippen LogP contribution in [0.15, 0.2) is 42.6 Å². The van der Waals surface area contributed by atoms with Gasteiger partial charge in [0, 0.05) is 36.3 Å². The normalized spacial score (nSPS) is 19.1. The smallest absolute Gasteiger partial charge is 0.311 e. The lowest BCUT2D eigenvalue weighted by Gasteiger charge is -2.38. The van der Waals surface area contributed by atoms with Crippen LogP contribution in [-0.4, -0.2) is 46.1 Å². The highest BCUT2D eigenvalue weighted by atomic mass is 35.5. The van der Waals surface area contributed by atoms with Gasteiger partial charge in [-0.1, -0.05) is 23.2 Å². The summed E-state index contributed by atoms with van der Waals surface area (Å²) in [6.07, 6.45) is 1.94. The molecule has 34 heavy (non-hydrogen) atoms. The second-order valence-electron chi connectivity index (χ2n) is 8.77. The first-order valence-electron chi connectivity index (χ1n) is 10.8. The molecule has 1 aromatic heterocycles. The topological polar surface area (TPSA) is 79.7 Å². The number of carbonyl (C=O) groups is 2. The Kier molecular flexibility index (Phi) is 6.69. The van der Waals surface area contributed by atoms with Crippen molar-refractivity contribution >= 4 is 46.0 Å². The first-order chi connectivity index (χ1) is 16.1. The summed E-state index contributed by atoms with van der Waals surface area (Å²) in [5.74, 6) is -1.26. The molecule has 1 aliphatic heterocycles. The molecule has 178 valence electrons. The largest absolute Gasteiger partial charge is 0.481 e. The summed E-state index contributed by atoms with van der Waals surface area (Å²) >= 11 is 12.5. The molecule has 1 N–H and O–H groups in total. The minimum Gasteiger partial charge on any atom is -0.481 e. The summed E-state index contributed by atoms with van der Waals surface area (Å²) in [4.78, 5) is 30.5. The molecule has 0 aliphatic carbocycles. The number of benzene rings is 2. The van der Waals surface area contributed by atoms with Crippen molar-refractivity contribution in [3.05, 3.63) is 58.5 Å². The molecule has 1 fully saturated rings. The molecule has 0 bridgehead atoms. The fraction of sp³-hybridized carbons (Fsp3) is 0.320. The van der Waals surface area contributed by atoms with Crippen LogP contribution in [0.3, 0.4) is 0 Å². The van der Waals surface area contributed by atoms with Gasteiger partial charge in [-0.05, 0) is 62.6 Å². The lowest BCUT2D eigenvalue weighted by molar-refractivity contribution is -0.155. The number of nitrogens with zero attached hydrogens (tertiary/aromatic N) is 2. The Morgan fingerprint density at radius 2 is 1.91 bits per heavy atom. The Morgan fingerprint density at radius 1 is 1.21 bits per heavy atom. The fourth-order valence-electron chi connectivity index (χ4n) is 4.33. The van der Waals surface area contributed by atoms with E-state index in [0.29, 0.717) is 41.8 Å². The van der Waals surface area contributed by atoms with Gasteiger partial charge in [-0.3, -0.25) is 14.6 Å². The van der Waals surface area contributed by atoms with Gasteiger partial charge in [-0.15, -0.1) is 0 Å². The predicted molar refractivity (Wildman–Crippen MR) is 129 cm³/mol. The van der Waals surface area contributed by atoms with E-state index in [9.17, 15) is 19.1 Å². The minimum atomic E-state index is -0.959. The third kappa shape index (κ3) is 4.68. The summed E-state index contributed by atoms with van der Waals surface area (Å²) in [5.41, 5.74) is 0.820. The van der Waals surface area contributed by atoms with Crippen molar-refractivity contribution < 1.29 is 23.8 Å². The number of halogens is 3. The maximum absolute atomic E-state index is 13.6. The second-order valence-corrected chi connectivity index (χ2v) is 9.59. The van der Waals surface area contributed by atoms with E-state index in [2.05, 4.69) is 4.98 Å². The number of carbonyl (C=O) groups excluding carboxylic acids is 1. The molecule has 1 amide bonds. The van der Waals surface area contributed by atoms with Gasteiger partial charge >= 0.3 is 5.97 Å². The van der Waals surface area contributed by atoms with Crippen LogP contribution in [0, 0.1) is 11.2 Å². The Labute approximate surface area is 206 Å². The number of amides is 1. The van der Waals surface area contributed by atoms with Crippen molar-refractivity contribution in [1.29, 1.82) is 0 Å². The fourth-order valence-corrected chi connectivity index (χ4v) is 5.00. The van der Waals surface area contributed by atoms with E-state index in [1.807, 2.05) is 0 Å². The Balaban J connectivity index is 1.57. The highest BCUT2D eigenvalue weighted by Crippen LogP contribution is 2.39. The summed E-state index contributed by atoms with van der Waals surface area (Å²) in [5, 5.41) is 10.6. The molecule has 2 atom stereocenters. The van der Waals surface area contributed by atoms with Crippen LogP contribution in [0.1, 0.15) is 26.7 Å². The van der Waals surface area contributed by atoms with Crippen molar-refractivity contribution in [1.82, 2.24) is 9.88 Å². The van der Waals surface area contributed by atoms with Crippen LogP contribution in [-0.2, 0) is 9.59 Å². The number of aliphatic carboxylic acids is 1. The molecule has 9 heteroatoms. The van der Waals surface area contributed by atoms with Crippen LogP contribution in [0.25, 0.3) is 22.0 Å². The van der Waals surface area contributed by atoms with E-state index in [0.717, 1.165) is 5.39 Å². The Hall–Kier alpha value is -2.90. The van der Waals surface area contributed by atoms with Gasteiger partial charge in [0.15, 0.2) is 6.10 Å². The number of carboxylic acids is 1. The molecular formula is C25H23Cl2FN2O4. The van der Waals surface area contributed by atoms with E-state index in [1.165, 1.54) is 12.1 Å². The van der Waals surface area contributed by atoms with Crippen molar-refractivity contribution in [2.45, 2.75) is 32.8 Å². The van der Waals surface area contributed by atoms with Crippen LogP contribution in [0.5, 0.6) is 5.75 Å². The Morgan fingerprint density at radius 3 is 2.59 bits per heavy atom. The monoisotopic (exact) mass is 504 g/mol. The number of likely N-dealkylation sites (tertiary alicyclic amines) is 1. The first-order valence-corrected chi connectivity index (χ1v) is 11.6. The maximum atomic E-state index is 13.6. The number of rotatable bonds is 5. The summed E-state index contributed by atoms with van der Waals surface area (Å²) in [6, 6.07) is 9.34. The Bertz CT molecular complexity index is 1260. The van der Waals surface area contributed by atoms with E-state index in [4.69, 9.17) is 27.9 Å². The van der Waals surface area contributed by atoms with E-state index >= 15 is 0 Å². The number of aromatic nitrogens is 1. The summed E-state index contributed by atoms with van der Waals surface area (Å²) < 4.78 is 19.5. The summed E-state index contributed by atoms with van der Waals surface area (Å²) in [7, 11) is 0. The summed E-state index contributed by atoms with van der Waals surface area (Å²) in [6.45, 7) is 3.95. The van der Waals surface area contributed by atoms with Crippen LogP contribution >= 0.6 is 23.2 Å². The van der Waals surface area contributed by atoms with Crippen LogP contribution in [0.2, 0.25) is 10.0 Å². The quantitative estimate of drug-likeness (QED) is 0.472. The lowest BCUT2D eigenvalue weighted by Crippen LogP contribution is -2.51. The maximum Gasteiger partial charge on any atom is 0.311 e. The number of carboxylic acid groups (broad SMARTS) is 1. The molecule has 2 aromatic carbocycles. The first kappa shape index (κ1) is 24.2. The minimum absolute atomic E-state index is 0.149. The van der Waals surface area contributed by atoms with E-state index in [-0.39, 0.29) is 22.5 Å². The zero-order chi connectivity index (χ0) is 24.6. The van der Waals surface area contributed by atoms with Gasteiger partial charge in [0.2, 0.25) is 0 Å². The SMILES string of the molecule is C[C@@H](Oc1ccc2c(-c3c(Cl)cc(F)cc3Cl)ccnc2c1)C(=O)N1CCC[C@](C)(C(=O)O)C1. The van der Waals surface area contributed by atoms with Crippen LogP contribution in [0.4, 0.5) is 4.39 Å². The van der Waals surface area contributed by atoms with Gasteiger partial charge in [-0.25, -0.2) is 4.39 Å². The highest BCUT2D eigenvalue weighted by Gasteiger charge is 2.40. The van der Waals surface area contributed by atoms with E-state index in [1.54, 1.807) is 49.2 Å². The average Bonchev–Trinajstić information content (AvgIpc) is 2.77. The number of ether oxygens (including phenoxy) is 1. The van der Waals surface area contributed by atoms with Gasteiger partial charge in [0.25, 0.3) is 5.91 Å². The van der Waals surface area contributed by atoms with Gasteiger partial charge in [0.1, 0.15) is 11.6 Å². The van der Waals surface area contributed by atoms with E-state index < -0.39 is 23.3 Å². The molecule has 0 unspecified atom stereocenters. The van der Waals surface area contributed by atoms with Crippen LogP contribution < -0.4 is 4.74 Å². The molecule has 0 radical (unpaired) electrons. The van der Waals surface area contributed by atoms with Gasteiger partial charge in [-0.2, -0.15) is 0 Å². The average molecular weight is 505 g/mol. The number of pyridine rings is 1. The van der Waals surface area contributed by atoms with Gasteiger partial charge < -0.3 is 14.7 Å². The molecule has 4 rings (SSSR count). The zero-order valence-electron chi connectivity index (χ0n) is 18.6. The van der Waals surface area contributed by atoms with Crippen molar-refractivity contribution in [3.63, 3.8) is 0 Å². The zero-order valence-corrected chi connectivity index (χ0v) is 20.2. The standard InChI is InChI=1S/C25H23Cl2FN2O4/c1-14(23(31)30-9-3-7-25(2,13-30)24(32)33)34-16-4-5-17-18(6-8-29-21(17)12-16)22-19(26)10-15(28)11-20(22)27/h4-6,8,10-12,14H,3,7,9,13H2,1-2H3,(H,32,33)/t14-,25+/m1/s1. The molecule has 1 aliphatic rings. The second kappa shape index (κ2) is 9.39. The van der Waals surface area contributed by atoms with Crippen molar-refractivity contribution in [2.75, 3.05) is 13.1 Å². The molecule has 0 spiro atoms. The molecule has 3 aromatic rings.